The molecule has 0 N–H and O–H groups in total. The molecule has 126 valence electrons. The van der Waals surface area contributed by atoms with Crippen molar-refractivity contribution in [2.75, 3.05) is 6.61 Å². The van der Waals surface area contributed by atoms with Crippen LogP contribution in [0.5, 0.6) is 0 Å². The predicted octanol–water partition coefficient (Wildman–Crippen LogP) is 5.82. The van der Waals surface area contributed by atoms with E-state index in [0.717, 1.165) is 30.3 Å². The van der Waals surface area contributed by atoms with Gasteiger partial charge < -0.3 is 4.74 Å². The molecule has 22 heavy (non-hydrogen) atoms. The third kappa shape index (κ3) is 2.21. The smallest absolute Gasteiger partial charge is 0.0578 e. The summed E-state index contributed by atoms with van der Waals surface area (Å²) >= 11 is 0. The first-order valence-corrected chi connectivity index (χ1v) is 10.2. The summed E-state index contributed by atoms with van der Waals surface area (Å²) in [6, 6.07) is 0. The van der Waals surface area contributed by atoms with Gasteiger partial charge in [0.25, 0.3) is 0 Å². The number of hydrogen-bond acceptors (Lipinski definition) is 1. The lowest BCUT2D eigenvalue weighted by atomic mass is 9.45. The summed E-state index contributed by atoms with van der Waals surface area (Å²) in [6.45, 7) is 8.36. The molecule has 4 rings (SSSR count). The SMILES string of the molecule is CCO[C@@H]1CC[C@@]2(C)[C@@H](CC[C@H]3[C@H]2CC[C@]2(C)CCC[C@@H]32)C1. The van der Waals surface area contributed by atoms with E-state index in [1.54, 1.807) is 6.42 Å². The molecular formula is C21H36O. The Hall–Kier alpha value is -0.0400. The van der Waals surface area contributed by atoms with E-state index in [0.29, 0.717) is 16.9 Å². The average Bonchev–Trinajstić information content (AvgIpc) is 2.89. The molecule has 0 aromatic heterocycles. The van der Waals surface area contributed by atoms with Crippen LogP contribution < -0.4 is 0 Å². The molecule has 0 aromatic rings. The molecule has 0 radical (unpaired) electrons. The van der Waals surface area contributed by atoms with Crippen LogP contribution in [0.2, 0.25) is 0 Å². The fourth-order valence-electron chi connectivity index (χ4n) is 7.60. The van der Waals surface area contributed by atoms with Gasteiger partial charge in [0.05, 0.1) is 6.10 Å². The van der Waals surface area contributed by atoms with Gasteiger partial charge in [-0.2, -0.15) is 0 Å². The van der Waals surface area contributed by atoms with E-state index in [4.69, 9.17) is 4.74 Å². The molecule has 0 aliphatic heterocycles. The van der Waals surface area contributed by atoms with Crippen molar-refractivity contribution in [3.05, 3.63) is 0 Å². The molecule has 4 saturated carbocycles. The number of hydrogen-bond donors (Lipinski definition) is 0. The van der Waals surface area contributed by atoms with E-state index in [1.807, 2.05) is 0 Å². The molecule has 1 heteroatoms. The quantitative estimate of drug-likeness (QED) is 0.624. The highest BCUT2D eigenvalue weighted by molar-refractivity contribution is 5.07. The molecule has 0 aromatic carbocycles. The molecule has 4 fully saturated rings. The Kier molecular flexibility index (Phi) is 3.87. The Morgan fingerprint density at radius 3 is 2.59 bits per heavy atom. The Balaban J connectivity index is 1.54. The maximum Gasteiger partial charge on any atom is 0.0578 e. The lowest BCUT2D eigenvalue weighted by molar-refractivity contribution is -0.128. The van der Waals surface area contributed by atoms with Crippen LogP contribution in [-0.4, -0.2) is 12.7 Å². The van der Waals surface area contributed by atoms with E-state index < -0.39 is 0 Å². The van der Waals surface area contributed by atoms with Gasteiger partial charge in [-0.1, -0.05) is 20.3 Å². The van der Waals surface area contributed by atoms with Gasteiger partial charge in [0.1, 0.15) is 0 Å². The van der Waals surface area contributed by atoms with Crippen molar-refractivity contribution >= 4 is 0 Å². The lowest BCUT2D eigenvalue weighted by Crippen LogP contribution is -2.53. The predicted molar refractivity (Wildman–Crippen MR) is 91.8 cm³/mol. The minimum atomic E-state index is 0.569. The fraction of sp³-hybridized carbons (Fsp3) is 1.00. The Morgan fingerprint density at radius 2 is 1.77 bits per heavy atom. The van der Waals surface area contributed by atoms with Crippen molar-refractivity contribution in [1.82, 2.24) is 0 Å². The summed E-state index contributed by atoms with van der Waals surface area (Å²) in [5.74, 6) is 4.11. The number of rotatable bonds is 2. The molecule has 7 atom stereocenters. The fourth-order valence-corrected chi connectivity index (χ4v) is 7.60. The second-order valence-corrected chi connectivity index (χ2v) is 9.59. The largest absolute Gasteiger partial charge is 0.378 e. The maximum atomic E-state index is 6.00. The van der Waals surface area contributed by atoms with Gasteiger partial charge in [-0.15, -0.1) is 0 Å². The van der Waals surface area contributed by atoms with Crippen LogP contribution in [0.3, 0.4) is 0 Å². The third-order valence-corrected chi connectivity index (χ3v) is 8.80. The number of fused-ring (bicyclic) bond motifs is 5. The zero-order valence-corrected chi connectivity index (χ0v) is 15.1. The van der Waals surface area contributed by atoms with Gasteiger partial charge in [-0.3, -0.25) is 0 Å². The van der Waals surface area contributed by atoms with Gasteiger partial charge in [-0.25, -0.2) is 0 Å². The normalized spacial score (nSPS) is 54.4. The van der Waals surface area contributed by atoms with Gasteiger partial charge in [0.2, 0.25) is 0 Å². The van der Waals surface area contributed by atoms with Crippen LogP contribution in [0.15, 0.2) is 0 Å². The summed E-state index contributed by atoms with van der Waals surface area (Å²) in [6.07, 6.45) is 15.3. The number of ether oxygens (including phenoxy) is 1. The van der Waals surface area contributed by atoms with E-state index in [-0.39, 0.29) is 0 Å². The molecule has 4 aliphatic rings. The highest BCUT2D eigenvalue weighted by Crippen LogP contribution is 2.66. The van der Waals surface area contributed by atoms with Crippen molar-refractivity contribution in [3.63, 3.8) is 0 Å². The van der Waals surface area contributed by atoms with Crippen LogP contribution in [0.25, 0.3) is 0 Å². The van der Waals surface area contributed by atoms with Crippen molar-refractivity contribution < 1.29 is 4.74 Å². The van der Waals surface area contributed by atoms with E-state index in [2.05, 4.69) is 20.8 Å². The molecule has 0 bridgehead atoms. The molecule has 0 spiro atoms. The van der Waals surface area contributed by atoms with E-state index in [1.165, 1.54) is 57.8 Å². The second-order valence-electron chi connectivity index (χ2n) is 9.59. The molecule has 1 nitrogen and oxygen atoms in total. The highest BCUT2D eigenvalue weighted by Gasteiger charge is 2.57. The summed E-state index contributed by atoms with van der Waals surface area (Å²) in [5, 5.41) is 0. The van der Waals surface area contributed by atoms with Gasteiger partial charge in [0, 0.05) is 6.61 Å². The standard InChI is InChI=1S/C21H36O/c1-4-22-16-9-13-21(3)15(14-16)7-8-17-18-6-5-11-20(18,2)12-10-19(17)21/h15-19H,4-14H2,1-3H3/t15-,16+,17+,18-,19+,20-,21-/m0/s1. The molecular weight excluding hydrogens is 268 g/mol. The first-order chi connectivity index (χ1) is 10.6. The lowest BCUT2D eigenvalue weighted by Gasteiger charge is -2.60. The van der Waals surface area contributed by atoms with Crippen molar-refractivity contribution in [1.29, 1.82) is 0 Å². The average molecular weight is 305 g/mol. The summed E-state index contributed by atoms with van der Waals surface area (Å²) in [5.41, 5.74) is 1.35. The van der Waals surface area contributed by atoms with Gasteiger partial charge in [-0.05, 0) is 99.2 Å². The van der Waals surface area contributed by atoms with Crippen molar-refractivity contribution in [3.8, 4) is 0 Å². The summed E-state index contributed by atoms with van der Waals surface area (Å²) < 4.78 is 6.00. The van der Waals surface area contributed by atoms with Crippen LogP contribution in [0, 0.1) is 34.5 Å². The molecule has 0 unspecified atom stereocenters. The Morgan fingerprint density at radius 1 is 0.909 bits per heavy atom. The topological polar surface area (TPSA) is 9.23 Å². The molecule has 0 heterocycles. The summed E-state index contributed by atoms with van der Waals surface area (Å²) in [4.78, 5) is 0. The summed E-state index contributed by atoms with van der Waals surface area (Å²) in [7, 11) is 0. The first kappa shape index (κ1) is 15.5. The van der Waals surface area contributed by atoms with E-state index in [9.17, 15) is 0 Å². The molecule has 4 aliphatic carbocycles. The Labute approximate surface area is 137 Å². The Bertz CT molecular complexity index is 418. The minimum absolute atomic E-state index is 0.569. The second kappa shape index (κ2) is 5.50. The van der Waals surface area contributed by atoms with Crippen molar-refractivity contribution in [2.45, 2.75) is 91.1 Å². The van der Waals surface area contributed by atoms with Crippen LogP contribution in [0.1, 0.15) is 85.0 Å². The van der Waals surface area contributed by atoms with Crippen LogP contribution >= 0.6 is 0 Å². The maximum absolute atomic E-state index is 6.00. The third-order valence-electron chi connectivity index (χ3n) is 8.80. The van der Waals surface area contributed by atoms with Gasteiger partial charge >= 0.3 is 0 Å². The highest BCUT2D eigenvalue weighted by atomic mass is 16.5. The van der Waals surface area contributed by atoms with Gasteiger partial charge in [0.15, 0.2) is 0 Å². The molecule has 0 amide bonds. The zero-order valence-electron chi connectivity index (χ0n) is 15.1. The monoisotopic (exact) mass is 304 g/mol. The van der Waals surface area contributed by atoms with Crippen LogP contribution in [-0.2, 0) is 4.74 Å². The minimum Gasteiger partial charge on any atom is -0.378 e. The van der Waals surface area contributed by atoms with Crippen molar-refractivity contribution in [2.24, 2.45) is 34.5 Å². The molecule has 0 saturated heterocycles. The zero-order chi connectivity index (χ0) is 15.4. The first-order valence-electron chi connectivity index (χ1n) is 10.2. The van der Waals surface area contributed by atoms with Crippen LogP contribution in [0.4, 0.5) is 0 Å². The van der Waals surface area contributed by atoms with E-state index >= 15 is 0 Å².